The van der Waals surface area contributed by atoms with Crippen LogP contribution in [0.5, 0.6) is 0 Å². The number of benzene rings is 1. The first-order chi connectivity index (χ1) is 22.3. The molecular weight excluding hydrogens is 604 g/mol. The van der Waals surface area contributed by atoms with Gasteiger partial charge >= 0.3 is 0 Å². The Morgan fingerprint density at radius 2 is 1.79 bits per heavy atom. The normalized spacial score (nSPS) is 19.8. The molecule has 1 aliphatic heterocycles. The summed E-state index contributed by atoms with van der Waals surface area (Å²) in [4.78, 5) is 75.3. The molecule has 3 aromatic rings. The Bertz CT molecular complexity index is 1720. The standard InChI is InChI=1S/C33H40N8O6/c1-19(28(42)29(34)43)37-31(45)26-15-23(41-27(17-36-39-41)33(2,3)47)18-40(26)32(46)25(13-20-9-5-4-6-10-20)38-30(44)24-14-21-11-7-8-12-22(21)16-35-24/h7-8,11-12,14,16-17,19-20,23,26,47H,4-6,9-10,13,15,18H2,1-3H3,(H2,34,43)(H,37,45)/t19?,23-,26-/m0/s1. The van der Waals surface area contributed by atoms with Gasteiger partial charge in [0.25, 0.3) is 17.7 Å². The number of aliphatic hydroxyl groups is 1. The lowest BCUT2D eigenvalue weighted by Crippen LogP contribution is -2.52. The first kappa shape index (κ1) is 33.5. The first-order valence-corrected chi connectivity index (χ1v) is 15.9. The molecule has 1 saturated heterocycles. The van der Waals surface area contributed by atoms with Gasteiger partial charge in [-0.2, -0.15) is 0 Å². The van der Waals surface area contributed by atoms with Crippen LogP contribution in [0.25, 0.3) is 10.8 Å². The van der Waals surface area contributed by atoms with Crippen LogP contribution in [0.2, 0.25) is 0 Å². The molecule has 0 spiro atoms. The van der Waals surface area contributed by atoms with Crippen molar-refractivity contribution in [1.29, 1.82) is 0 Å². The number of nitrogens with two attached hydrogens (primary N) is 1. The predicted molar refractivity (Wildman–Crippen MR) is 171 cm³/mol. The average molecular weight is 645 g/mol. The monoisotopic (exact) mass is 644 g/mol. The zero-order valence-electron chi connectivity index (χ0n) is 26.8. The highest BCUT2D eigenvalue weighted by atomic mass is 16.3. The minimum Gasteiger partial charge on any atom is -0.384 e. The summed E-state index contributed by atoms with van der Waals surface area (Å²) in [5.41, 5.74) is 4.29. The van der Waals surface area contributed by atoms with E-state index in [4.69, 9.17) is 5.73 Å². The summed E-state index contributed by atoms with van der Waals surface area (Å²) in [7, 11) is 0. The summed E-state index contributed by atoms with van der Waals surface area (Å²) in [5.74, 6) is -4.03. The first-order valence-electron chi connectivity index (χ1n) is 15.9. The van der Waals surface area contributed by atoms with Crippen LogP contribution in [0.15, 0.2) is 47.7 Å². The summed E-state index contributed by atoms with van der Waals surface area (Å²) < 4.78 is 1.48. The van der Waals surface area contributed by atoms with Gasteiger partial charge in [-0.1, -0.05) is 61.6 Å². The molecule has 5 rings (SSSR count). The molecule has 1 unspecified atom stereocenters. The fourth-order valence-corrected chi connectivity index (χ4v) is 6.40. The molecule has 3 heterocycles. The van der Waals surface area contributed by atoms with E-state index in [2.05, 4.69) is 25.6 Å². The number of aromatic nitrogens is 4. The number of Topliss-reactive ketones (excluding diaryl/α,β-unsaturated/α-hetero) is 1. The van der Waals surface area contributed by atoms with Crippen molar-refractivity contribution in [3.8, 4) is 0 Å². The summed E-state index contributed by atoms with van der Waals surface area (Å²) in [6.07, 6.45) is 8.14. The molecule has 3 atom stereocenters. The summed E-state index contributed by atoms with van der Waals surface area (Å²) in [5, 5.41) is 23.0. The molecule has 2 aliphatic rings. The van der Waals surface area contributed by atoms with Crippen LogP contribution in [-0.2, 0) is 24.8 Å². The topological polar surface area (TPSA) is 203 Å². The van der Waals surface area contributed by atoms with Gasteiger partial charge < -0.3 is 21.1 Å². The Hall–Kier alpha value is -4.85. The number of carbonyl (C=O) groups excluding carboxylic acids is 5. The van der Waals surface area contributed by atoms with Gasteiger partial charge in [-0.15, -0.1) is 5.10 Å². The third kappa shape index (κ3) is 7.59. The summed E-state index contributed by atoms with van der Waals surface area (Å²) in [6, 6.07) is 6.14. The van der Waals surface area contributed by atoms with Crippen molar-refractivity contribution in [2.75, 3.05) is 6.54 Å². The highest BCUT2D eigenvalue weighted by Crippen LogP contribution is 2.33. The van der Waals surface area contributed by atoms with Crippen LogP contribution < -0.4 is 11.1 Å². The van der Waals surface area contributed by atoms with E-state index in [1.165, 1.54) is 22.7 Å². The van der Waals surface area contributed by atoms with Crippen LogP contribution in [-0.4, -0.2) is 83.7 Å². The molecule has 14 nitrogen and oxygen atoms in total. The Morgan fingerprint density at radius 1 is 1.09 bits per heavy atom. The molecular formula is C33H40N8O6. The van der Waals surface area contributed by atoms with Crippen molar-refractivity contribution in [3.63, 3.8) is 0 Å². The predicted octanol–water partition coefficient (Wildman–Crippen LogP) is 2.01. The third-order valence-corrected chi connectivity index (χ3v) is 8.93. The molecule has 248 valence electrons. The SMILES string of the molecule is CC(NC(=O)[C@@H]1C[C@H](n2nncc2C(C)(C)O)CN1C(=O)C(CC1CCCCC1)=NC(=O)c1cc2ccccc2cn1)C(=O)C(N)=O. The van der Waals surface area contributed by atoms with Crippen LogP contribution in [0.3, 0.4) is 0 Å². The second-order valence-electron chi connectivity index (χ2n) is 12.9. The number of likely N-dealkylation sites (tertiary alicyclic amines) is 1. The number of hydrogen-bond acceptors (Lipinski definition) is 9. The lowest BCUT2D eigenvalue weighted by Gasteiger charge is -2.27. The zero-order valence-corrected chi connectivity index (χ0v) is 26.8. The number of nitrogens with zero attached hydrogens (tertiary/aromatic N) is 6. The van der Waals surface area contributed by atoms with Crippen molar-refractivity contribution in [1.82, 2.24) is 30.2 Å². The fourth-order valence-electron chi connectivity index (χ4n) is 6.40. The average Bonchev–Trinajstić information content (AvgIpc) is 3.72. The van der Waals surface area contributed by atoms with Crippen LogP contribution >= 0.6 is 0 Å². The smallest absolute Gasteiger partial charge is 0.295 e. The molecule has 2 fully saturated rings. The van der Waals surface area contributed by atoms with Gasteiger partial charge in [0.1, 0.15) is 23.0 Å². The number of aliphatic imine (C=N–C) groups is 1. The fraction of sp³-hybridized carbons (Fsp3) is 0.485. The Kier molecular flexibility index (Phi) is 9.89. The second-order valence-corrected chi connectivity index (χ2v) is 12.9. The van der Waals surface area contributed by atoms with Gasteiger partial charge in [0, 0.05) is 24.5 Å². The van der Waals surface area contributed by atoms with E-state index in [1.54, 1.807) is 26.1 Å². The van der Waals surface area contributed by atoms with Crippen molar-refractivity contribution in [2.45, 2.75) is 89.4 Å². The highest BCUT2D eigenvalue weighted by Gasteiger charge is 2.44. The molecule has 47 heavy (non-hydrogen) atoms. The van der Waals surface area contributed by atoms with Gasteiger partial charge in [0.2, 0.25) is 11.7 Å². The minimum absolute atomic E-state index is 0.0119. The number of rotatable bonds is 10. The molecule has 1 aromatic carbocycles. The number of hydrogen-bond donors (Lipinski definition) is 3. The lowest BCUT2D eigenvalue weighted by atomic mass is 9.85. The number of primary amides is 1. The second kappa shape index (κ2) is 13.9. The molecule has 4 amide bonds. The van der Waals surface area contributed by atoms with Crippen molar-refractivity contribution in [3.05, 3.63) is 54.1 Å². The number of fused-ring (bicyclic) bond motifs is 1. The molecule has 14 heteroatoms. The van der Waals surface area contributed by atoms with Crippen LogP contribution in [0.4, 0.5) is 0 Å². The highest BCUT2D eigenvalue weighted by molar-refractivity contribution is 6.41. The Balaban J connectivity index is 1.50. The van der Waals surface area contributed by atoms with Crippen LogP contribution in [0.1, 0.15) is 87.9 Å². The molecule has 0 bridgehead atoms. The summed E-state index contributed by atoms with van der Waals surface area (Å²) in [6.45, 7) is 4.46. The number of ketones is 1. The lowest BCUT2D eigenvalue weighted by molar-refractivity contribution is -0.139. The van der Waals surface area contributed by atoms with E-state index < -0.39 is 53.1 Å². The van der Waals surface area contributed by atoms with Gasteiger partial charge in [-0.25, -0.2) is 9.67 Å². The maximum atomic E-state index is 14.4. The third-order valence-electron chi connectivity index (χ3n) is 8.93. The van der Waals surface area contributed by atoms with Crippen LogP contribution in [0, 0.1) is 5.92 Å². The number of nitrogens with one attached hydrogen (secondary N) is 1. The minimum atomic E-state index is -1.33. The van der Waals surface area contributed by atoms with E-state index in [0.29, 0.717) is 5.69 Å². The number of carbonyl (C=O) groups is 5. The Labute approximate surface area is 271 Å². The molecule has 2 aromatic heterocycles. The van der Waals surface area contributed by atoms with E-state index in [0.717, 1.165) is 42.9 Å². The van der Waals surface area contributed by atoms with Gasteiger partial charge in [0.15, 0.2) is 0 Å². The van der Waals surface area contributed by atoms with Gasteiger partial charge in [-0.05, 0) is 44.6 Å². The van der Waals surface area contributed by atoms with Crippen molar-refractivity contribution < 1.29 is 29.1 Å². The zero-order chi connectivity index (χ0) is 33.9. The van der Waals surface area contributed by atoms with Crippen molar-refractivity contribution >= 4 is 45.9 Å². The Morgan fingerprint density at radius 3 is 2.47 bits per heavy atom. The molecule has 4 N–H and O–H groups in total. The maximum Gasteiger partial charge on any atom is 0.295 e. The van der Waals surface area contributed by atoms with Crippen molar-refractivity contribution in [2.24, 2.45) is 16.6 Å². The largest absolute Gasteiger partial charge is 0.384 e. The molecule has 1 aliphatic carbocycles. The maximum absolute atomic E-state index is 14.4. The summed E-state index contributed by atoms with van der Waals surface area (Å²) >= 11 is 0. The van der Waals surface area contributed by atoms with E-state index in [1.807, 2.05) is 24.3 Å². The van der Waals surface area contributed by atoms with E-state index in [9.17, 15) is 29.1 Å². The number of amides is 4. The molecule has 0 radical (unpaired) electrons. The van der Waals surface area contributed by atoms with E-state index >= 15 is 0 Å². The van der Waals surface area contributed by atoms with Gasteiger partial charge in [0.05, 0.1) is 24.0 Å². The quantitative estimate of drug-likeness (QED) is 0.218. The van der Waals surface area contributed by atoms with E-state index in [-0.39, 0.29) is 36.7 Å². The number of pyridine rings is 1. The molecule has 1 saturated carbocycles. The van der Waals surface area contributed by atoms with Gasteiger partial charge in [-0.3, -0.25) is 29.0 Å².